The predicted octanol–water partition coefficient (Wildman–Crippen LogP) is 9.71. The highest BCUT2D eigenvalue weighted by Crippen LogP contribution is 2.48. The number of allylic oxidation sites excluding steroid dienone is 7. The lowest BCUT2D eigenvalue weighted by molar-refractivity contribution is -0.401. The van der Waals surface area contributed by atoms with Crippen molar-refractivity contribution in [3.63, 3.8) is 0 Å². The molecule has 1 aliphatic carbocycles. The quantitative estimate of drug-likeness (QED) is 0.315. The highest BCUT2D eigenvalue weighted by Gasteiger charge is 2.43. The number of nitrogens with zero attached hydrogens (tertiary/aromatic N) is 3. The predicted molar refractivity (Wildman–Crippen MR) is 184 cm³/mol. The van der Waals surface area contributed by atoms with Crippen molar-refractivity contribution >= 4 is 46.4 Å². The number of halogens is 2. The summed E-state index contributed by atoms with van der Waals surface area (Å²) in [5.74, 6) is 0. The highest BCUT2D eigenvalue weighted by molar-refractivity contribution is 6.31. The van der Waals surface area contributed by atoms with Gasteiger partial charge in [-0.1, -0.05) is 49.2 Å². The minimum atomic E-state index is -0.602. The smallest absolute Gasteiger partial charge is 0.414 e. The molecule has 0 atom stereocenters. The fraction of sp³-hybridized carbons (Fsp3) is 0.405. The Morgan fingerprint density at radius 2 is 1.59 bits per heavy atom. The Labute approximate surface area is 272 Å². The molecule has 2 aliphatic heterocycles. The zero-order chi connectivity index (χ0) is 32.4. The number of ether oxygens (including phenoxy) is 1. The third-order valence-corrected chi connectivity index (χ3v) is 9.62. The van der Waals surface area contributed by atoms with E-state index in [2.05, 4.69) is 99.8 Å². The number of benzene rings is 2. The van der Waals surface area contributed by atoms with Gasteiger partial charge in [0.15, 0.2) is 5.71 Å². The van der Waals surface area contributed by atoms with E-state index in [1.807, 2.05) is 40.0 Å². The second kappa shape index (κ2) is 11.3. The average Bonchev–Trinajstić information content (AvgIpc) is 3.47. The summed E-state index contributed by atoms with van der Waals surface area (Å²) in [4.78, 5) is 17.3. The number of hydrogen-bond acceptors (Lipinski definition) is 3. The molecule has 0 unspecified atom stereocenters. The molecular weight excluding hydrogens is 589 g/mol. The van der Waals surface area contributed by atoms with E-state index >= 15 is 0 Å². The number of hydrogen-bond donors (Lipinski definition) is 0. The number of carbonyl (C=O) groups excluding carboxylic acids is 1. The van der Waals surface area contributed by atoms with E-state index in [-0.39, 0.29) is 16.9 Å². The Morgan fingerprint density at radius 3 is 2.25 bits per heavy atom. The van der Waals surface area contributed by atoms with Crippen LogP contribution in [-0.2, 0) is 15.6 Å². The molecule has 0 saturated heterocycles. The molecule has 1 amide bonds. The first-order chi connectivity index (χ1) is 20.4. The molecule has 0 fully saturated rings. The van der Waals surface area contributed by atoms with Crippen LogP contribution in [0.5, 0.6) is 0 Å². The Morgan fingerprint density at radius 1 is 0.955 bits per heavy atom. The highest BCUT2D eigenvalue weighted by atomic mass is 35.5. The first-order valence-corrected chi connectivity index (χ1v) is 15.9. The van der Waals surface area contributed by atoms with Crippen LogP contribution in [0.15, 0.2) is 83.2 Å². The van der Waals surface area contributed by atoms with Crippen molar-refractivity contribution < 1.29 is 14.1 Å². The van der Waals surface area contributed by atoms with Crippen molar-refractivity contribution in [3.8, 4) is 0 Å². The largest absolute Gasteiger partial charge is 0.443 e. The van der Waals surface area contributed by atoms with E-state index in [9.17, 15) is 4.79 Å². The third-order valence-electron chi connectivity index (χ3n) is 9.15. The molecule has 0 saturated carbocycles. The lowest BCUT2D eigenvalue weighted by atomic mass is 9.81. The van der Waals surface area contributed by atoms with Gasteiger partial charge >= 0.3 is 6.09 Å². The number of anilines is 1. The zero-order valence-electron chi connectivity index (χ0n) is 27.6. The van der Waals surface area contributed by atoms with Gasteiger partial charge in [0.05, 0.1) is 11.1 Å². The van der Waals surface area contributed by atoms with E-state index in [0.29, 0.717) is 0 Å². The molecule has 0 spiro atoms. The molecule has 0 radical (unpaired) electrons. The molecule has 5 nitrogen and oxygen atoms in total. The van der Waals surface area contributed by atoms with Crippen molar-refractivity contribution in [2.24, 2.45) is 0 Å². The molecule has 7 heteroatoms. The molecule has 2 aromatic carbocycles. The summed E-state index contributed by atoms with van der Waals surface area (Å²) in [6, 6.07) is 12.2. The third kappa shape index (κ3) is 5.65. The first-order valence-electron chi connectivity index (χ1n) is 15.2. The van der Waals surface area contributed by atoms with Crippen molar-refractivity contribution in [3.05, 3.63) is 104 Å². The summed E-state index contributed by atoms with van der Waals surface area (Å²) in [6.45, 7) is 14.6. The van der Waals surface area contributed by atoms with Crippen molar-refractivity contribution in [1.29, 1.82) is 0 Å². The van der Waals surface area contributed by atoms with Gasteiger partial charge in [-0.3, -0.25) is 4.90 Å². The van der Waals surface area contributed by atoms with Crippen LogP contribution in [-0.4, -0.2) is 48.0 Å². The molecule has 0 N–H and O–H groups in total. The lowest BCUT2D eigenvalue weighted by Crippen LogP contribution is -2.34. The maximum Gasteiger partial charge on any atom is 0.414 e. The molecule has 2 aromatic rings. The van der Waals surface area contributed by atoms with Crippen LogP contribution in [0.1, 0.15) is 72.4 Å². The first kappa shape index (κ1) is 32.1. The molecule has 232 valence electrons. The Balaban J connectivity index is 1.56. The molecule has 0 bridgehead atoms. The van der Waals surface area contributed by atoms with Gasteiger partial charge in [0, 0.05) is 58.6 Å². The van der Waals surface area contributed by atoms with Crippen LogP contribution in [0, 0.1) is 0 Å². The fourth-order valence-electron chi connectivity index (χ4n) is 6.87. The zero-order valence-corrected chi connectivity index (χ0v) is 29.1. The van der Waals surface area contributed by atoms with Gasteiger partial charge in [-0.05, 0) is 101 Å². The van der Waals surface area contributed by atoms with Crippen LogP contribution in [0.4, 0.5) is 16.2 Å². The van der Waals surface area contributed by atoms with Crippen molar-refractivity contribution in [2.75, 3.05) is 26.0 Å². The van der Waals surface area contributed by atoms with E-state index in [4.69, 9.17) is 27.9 Å². The molecule has 0 aromatic heterocycles. The second-order valence-electron chi connectivity index (χ2n) is 14.1. The molecular formula is C37H44Cl2N3O2+. The van der Waals surface area contributed by atoms with E-state index in [1.54, 1.807) is 4.90 Å². The van der Waals surface area contributed by atoms with E-state index in [0.717, 1.165) is 51.1 Å². The van der Waals surface area contributed by atoms with Gasteiger partial charge in [-0.15, -0.1) is 0 Å². The number of fused-ring (bicyclic) bond motifs is 2. The standard InChI is InChI=1S/C37H44Cl2N3O2/c1-35(2,3)44-34(43)42(10)33-23(13-19-31-36(4,5)27-21-25(38)15-17-29(27)40(31)8)11-12-24(33)14-20-32-37(6,7)28-22-26(39)16-18-30(28)41(32)9/h13-22H,11-12H2,1-10H3/q+1. The lowest BCUT2D eigenvalue weighted by Gasteiger charge is -2.27. The average molecular weight is 634 g/mol. The van der Waals surface area contributed by atoms with Crippen molar-refractivity contribution in [1.82, 2.24) is 4.90 Å². The summed E-state index contributed by atoms with van der Waals surface area (Å²) >= 11 is 12.8. The minimum absolute atomic E-state index is 0.221. The second-order valence-corrected chi connectivity index (χ2v) is 14.9. The van der Waals surface area contributed by atoms with Gasteiger partial charge in [0.1, 0.15) is 12.6 Å². The topological polar surface area (TPSA) is 35.8 Å². The molecule has 3 aliphatic rings. The summed E-state index contributed by atoms with van der Waals surface area (Å²) in [6.07, 6.45) is 10.0. The normalized spacial score (nSPS) is 20.8. The number of rotatable bonds is 4. The van der Waals surface area contributed by atoms with Crippen LogP contribution in [0.3, 0.4) is 0 Å². The van der Waals surface area contributed by atoms with Gasteiger partial charge in [0.25, 0.3) is 0 Å². The monoisotopic (exact) mass is 632 g/mol. The number of likely N-dealkylation sites (N-methyl/N-ethyl adjacent to an activating group) is 2. The SMILES string of the molecule is CN(C(=O)OC(C)(C)C)C1=C(/C=C/C2=[N+](C)c3ccc(Cl)cc3C2(C)C)CC/C1=C\C=C1\N(C)c2ccc(Cl)cc2C1(C)C. The van der Waals surface area contributed by atoms with Gasteiger partial charge < -0.3 is 9.64 Å². The van der Waals surface area contributed by atoms with Crippen molar-refractivity contribution in [2.45, 2.75) is 77.7 Å². The molecule has 5 rings (SSSR count). The van der Waals surface area contributed by atoms with Crippen LogP contribution < -0.4 is 4.90 Å². The molecule has 2 heterocycles. The van der Waals surface area contributed by atoms with Gasteiger partial charge in [-0.2, -0.15) is 4.58 Å². The Kier molecular flexibility index (Phi) is 8.22. The van der Waals surface area contributed by atoms with Gasteiger partial charge in [0.2, 0.25) is 5.69 Å². The summed E-state index contributed by atoms with van der Waals surface area (Å²) in [7, 11) is 6.00. The maximum atomic E-state index is 13.4. The Hall–Kier alpha value is -3.28. The molecule has 44 heavy (non-hydrogen) atoms. The summed E-state index contributed by atoms with van der Waals surface area (Å²) in [5, 5.41) is 1.47. The van der Waals surface area contributed by atoms with Crippen LogP contribution in [0.25, 0.3) is 0 Å². The van der Waals surface area contributed by atoms with Crippen LogP contribution >= 0.6 is 23.2 Å². The van der Waals surface area contributed by atoms with E-state index in [1.165, 1.54) is 22.5 Å². The fourth-order valence-corrected chi connectivity index (χ4v) is 7.21. The summed E-state index contributed by atoms with van der Waals surface area (Å²) < 4.78 is 8.05. The Bertz CT molecular complexity index is 1700. The summed E-state index contributed by atoms with van der Waals surface area (Å²) in [5.41, 5.74) is 9.12. The maximum absolute atomic E-state index is 13.4. The van der Waals surface area contributed by atoms with Crippen LogP contribution in [0.2, 0.25) is 10.0 Å². The minimum Gasteiger partial charge on any atom is -0.443 e. The number of carbonyl (C=O) groups is 1. The number of amides is 1. The van der Waals surface area contributed by atoms with Gasteiger partial charge in [-0.25, -0.2) is 4.79 Å². The van der Waals surface area contributed by atoms with E-state index < -0.39 is 5.60 Å².